The first-order chi connectivity index (χ1) is 8.04. The molecule has 0 aliphatic heterocycles. The molecule has 0 heterocycles. The van der Waals surface area contributed by atoms with E-state index in [-0.39, 0.29) is 11.3 Å². The minimum Gasteiger partial charge on any atom is -0.469 e. The molecule has 2 atom stereocenters. The van der Waals surface area contributed by atoms with Gasteiger partial charge in [0.15, 0.2) is 17.4 Å². The van der Waals surface area contributed by atoms with Gasteiger partial charge in [-0.2, -0.15) is 0 Å². The Morgan fingerprint density at radius 3 is 2.53 bits per heavy atom. The molecule has 0 aromatic heterocycles. The summed E-state index contributed by atoms with van der Waals surface area (Å²) >= 11 is 0. The molecular weight excluding hydrogens is 230 g/mol. The van der Waals surface area contributed by atoms with Crippen molar-refractivity contribution in [3.05, 3.63) is 35.4 Å². The third-order valence-electron chi connectivity index (χ3n) is 2.84. The van der Waals surface area contributed by atoms with E-state index in [0.29, 0.717) is 6.42 Å². The molecule has 0 N–H and O–H groups in total. The minimum absolute atomic E-state index is 0.0836. The quantitative estimate of drug-likeness (QED) is 0.599. The highest BCUT2D eigenvalue weighted by atomic mass is 19.2. The van der Waals surface area contributed by atoms with Crippen LogP contribution in [-0.2, 0) is 9.53 Å². The number of Topliss-reactive ketones (excluding diaryl/α,β-unsaturated/α-hetero) is 1. The van der Waals surface area contributed by atoms with Crippen LogP contribution in [0, 0.1) is 23.5 Å². The summed E-state index contributed by atoms with van der Waals surface area (Å²) in [6.45, 7) is 0. The van der Waals surface area contributed by atoms with Gasteiger partial charge in [-0.1, -0.05) is 0 Å². The van der Waals surface area contributed by atoms with E-state index in [9.17, 15) is 18.4 Å². The molecule has 1 aromatic carbocycles. The molecule has 0 radical (unpaired) electrons. The zero-order chi connectivity index (χ0) is 12.6. The van der Waals surface area contributed by atoms with Crippen LogP contribution in [0.3, 0.4) is 0 Å². The second kappa shape index (κ2) is 4.24. The Kier molecular flexibility index (Phi) is 2.92. The number of hydrogen-bond donors (Lipinski definition) is 0. The lowest BCUT2D eigenvalue weighted by Crippen LogP contribution is -2.10. The fraction of sp³-hybridized carbons (Fsp3) is 0.333. The van der Waals surface area contributed by atoms with E-state index in [2.05, 4.69) is 4.74 Å². The normalized spacial score (nSPS) is 22.1. The van der Waals surface area contributed by atoms with Crippen LogP contribution in [0.4, 0.5) is 8.78 Å². The third kappa shape index (κ3) is 2.18. The zero-order valence-corrected chi connectivity index (χ0v) is 9.07. The van der Waals surface area contributed by atoms with Crippen molar-refractivity contribution in [3.8, 4) is 0 Å². The SMILES string of the molecule is COC(=O)C1CC1C(=O)c1ccc(F)c(F)c1. The number of ether oxygens (including phenoxy) is 1. The van der Waals surface area contributed by atoms with E-state index in [4.69, 9.17) is 0 Å². The number of methoxy groups -OCH3 is 1. The van der Waals surface area contributed by atoms with Crippen molar-refractivity contribution in [2.24, 2.45) is 11.8 Å². The van der Waals surface area contributed by atoms with Gasteiger partial charge in [0.05, 0.1) is 13.0 Å². The van der Waals surface area contributed by atoms with Crippen LogP contribution in [0.5, 0.6) is 0 Å². The number of hydrogen-bond acceptors (Lipinski definition) is 3. The van der Waals surface area contributed by atoms with Crippen molar-refractivity contribution in [1.29, 1.82) is 0 Å². The van der Waals surface area contributed by atoms with Crippen LogP contribution in [0.15, 0.2) is 18.2 Å². The summed E-state index contributed by atoms with van der Waals surface area (Å²) in [4.78, 5) is 22.9. The lowest BCUT2D eigenvalue weighted by atomic mass is 10.1. The molecule has 0 amide bonds. The van der Waals surface area contributed by atoms with Gasteiger partial charge in [0.2, 0.25) is 0 Å². The zero-order valence-electron chi connectivity index (χ0n) is 9.07. The number of rotatable bonds is 3. The summed E-state index contributed by atoms with van der Waals surface area (Å²) in [6.07, 6.45) is 0.407. The summed E-state index contributed by atoms with van der Waals surface area (Å²) in [5.41, 5.74) is 0.0836. The van der Waals surface area contributed by atoms with Crippen molar-refractivity contribution in [2.75, 3.05) is 7.11 Å². The summed E-state index contributed by atoms with van der Waals surface area (Å²) in [5, 5.41) is 0. The van der Waals surface area contributed by atoms with Gasteiger partial charge in [-0.3, -0.25) is 9.59 Å². The Morgan fingerprint density at radius 2 is 1.94 bits per heavy atom. The Balaban J connectivity index is 2.12. The van der Waals surface area contributed by atoms with Gasteiger partial charge in [-0.25, -0.2) is 8.78 Å². The average Bonchev–Trinajstić information content (AvgIpc) is 3.11. The number of ketones is 1. The predicted octanol–water partition coefficient (Wildman–Crippen LogP) is 1.96. The Bertz CT molecular complexity index is 485. The molecule has 1 aliphatic carbocycles. The summed E-state index contributed by atoms with van der Waals surface area (Å²) in [7, 11) is 1.25. The number of carbonyl (C=O) groups is 2. The molecule has 1 fully saturated rings. The van der Waals surface area contributed by atoms with E-state index in [0.717, 1.165) is 12.1 Å². The Morgan fingerprint density at radius 1 is 1.24 bits per heavy atom. The summed E-state index contributed by atoms with van der Waals surface area (Å²) < 4.78 is 30.1. The van der Waals surface area contributed by atoms with Crippen molar-refractivity contribution >= 4 is 11.8 Å². The number of benzene rings is 1. The maximum atomic E-state index is 12.9. The van der Waals surface area contributed by atoms with E-state index < -0.39 is 29.4 Å². The topological polar surface area (TPSA) is 43.4 Å². The standard InChI is InChI=1S/C12H10F2O3/c1-17-12(16)8-5-7(8)11(15)6-2-3-9(13)10(14)4-6/h2-4,7-8H,5H2,1H3. The van der Waals surface area contributed by atoms with E-state index in [1.807, 2.05) is 0 Å². The lowest BCUT2D eigenvalue weighted by molar-refractivity contribution is -0.142. The van der Waals surface area contributed by atoms with Gasteiger partial charge in [-0.15, -0.1) is 0 Å². The van der Waals surface area contributed by atoms with Crippen molar-refractivity contribution < 1.29 is 23.1 Å². The summed E-state index contributed by atoms with van der Waals surface area (Å²) in [5.74, 6) is -3.76. The third-order valence-corrected chi connectivity index (χ3v) is 2.84. The molecule has 1 saturated carbocycles. The van der Waals surface area contributed by atoms with Gasteiger partial charge in [-0.05, 0) is 24.6 Å². The van der Waals surface area contributed by atoms with Gasteiger partial charge < -0.3 is 4.74 Å². The largest absolute Gasteiger partial charge is 0.469 e. The van der Waals surface area contributed by atoms with Crippen molar-refractivity contribution in [3.63, 3.8) is 0 Å². The smallest absolute Gasteiger partial charge is 0.309 e. The Hall–Kier alpha value is -1.78. The molecule has 90 valence electrons. The Labute approximate surface area is 96.4 Å². The highest BCUT2D eigenvalue weighted by Gasteiger charge is 2.48. The molecule has 3 nitrogen and oxygen atoms in total. The second-order valence-electron chi connectivity index (χ2n) is 3.96. The molecule has 1 aromatic rings. The molecule has 2 unspecified atom stereocenters. The van der Waals surface area contributed by atoms with E-state index >= 15 is 0 Å². The molecule has 2 rings (SSSR count). The molecule has 0 saturated heterocycles. The van der Waals surface area contributed by atoms with Crippen LogP contribution < -0.4 is 0 Å². The first-order valence-corrected chi connectivity index (χ1v) is 5.11. The van der Waals surface area contributed by atoms with E-state index in [1.165, 1.54) is 13.2 Å². The van der Waals surface area contributed by atoms with Gasteiger partial charge in [0.1, 0.15) is 0 Å². The van der Waals surface area contributed by atoms with Gasteiger partial charge in [0.25, 0.3) is 0 Å². The number of halogens is 2. The molecular formula is C12H10F2O3. The van der Waals surface area contributed by atoms with Crippen LogP contribution >= 0.6 is 0 Å². The maximum Gasteiger partial charge on any atom is 0.309 e. The van der Waals surface area contributed by atoms with Gasteiger partial charge >= 0.3 is 5.97 Å². The first kappa shape index (κ1) is 11.7. The van der Waals surface area contributed by atoms with Crippen LogP contribution in [0.1, 0.15) is 16.8 Å². The predicted molar refractivity (Wildman–Crippen MR) is 54.3 cm³/mol. The molecule has 0 bridgehead atoms. The van der Waals surface area contributed by atoms with Crippen LogP contribution in [0.2, 0.25) is 0 Å². The second-order valence-corrected chi connectivity index (χ2v) is 3.96. The molecule has 0 spiro atoms. The fourth-order valence-electron chi connectivity index (χ4n) is 1.76. The number of esters is 1. The minimum atomic E-state index is -1.06. The summed E-state index contributed by atoms with van der Waals surface area (Å²) in [6, 6.07) is 2.97. The molecule has 1 aliphatic rings. The molecule has 17 heavy (non-hydrogen) atoms. The first-order valence-electron chi connectivity index (χ1n) is 5.11. The highest BCUT2D eigenvalue weighted by Crippen LogP contribution is 2.41. The van der Waals surface area contributed by atoms with Gasteiger partial charge in [0, 0.05) is 11.5 Å². The van der Waals surface area contributed by atoms with Crippen LogP contribution in [0.25, 0.3) is 0 Å². The van der Waals surface area contributed by atoms with E-state index in [1.54, 1.807) is 0 Å². The average molecular weight is 240 g/mol. The maximum absolute atomic E-state index is 12.9. The fourth-order valence-corrected chi connectivity index (χ4v) is 1.76. The monoisotopic (exact) mass is 240 g/mol. The van der Waals surface area contributed by atoms with Crippen molar-refractivity contribution in [2.45, 2.75) is 6.42 Å². The highest BCUT2D eigenvalue weighted by molar-refractivity contribution is 6.02. The molecule has 5 heteroatoms. The number of carbonyl (C=O) groups excluding carboxylic acids is 2. The van der Waals surface area contributed by atoms with Crippen molar-refractivity contribution in [1.82, 2.24) is 0 Å². The lowest BCUT2D eigenvalue weighted by Gasteiger charge is -2.01. The van der Waals surface area contributed by atoms with Crippen LogP contribution in [-0.4, -0.2) is 18.9 Å².